The Morgan fingerprint density at radius 3 is 2.74 bits per heavy atom. The highest BCUT2D eigenvalue weighted by molar-refractivity contribution is 14.0. The minimum absolute atomic E-state index is 0. The van der Waals surface area contributed by atoms with Gasteiger partial charge in [-0.25, -0.2) is 4.39 Å². The average molecular weight is 433 g/mol. The minimum Gasteiger partial charge on any atom is -0.392 e. The summed E-state index contributed by atoms with van der Waals surface area (Å²) in [5.41, 5.74) is 1.82. The van der Waals surface area contributed by atoms with Crippen LogP contribution in [0, 0.1) is 11.2 Å². The molecule has 2 N–H and O–H groups in total. The molecule has 4 nitrogen and oxygen atoms in total. The maximum atomic E-state index is 13.4. The van der Waals surface area contributed by atoms with Gasteiger partial charge in [0.05, 0.1) is 6.61 Å². The second kappa shape index (κ2) is 7.79. The standard InChI is InChI=1S/C17H24FN3O.HI/c1-19-16(21-8-7-17(12-21)5-2-6-17)20-10-13-3-4-15(18)14(9-13)11-22;/h3-4,9,22H,2,5-8,10-12H2,1H3,(H,19,20);1H. The molecule has 0 amide bonds. The predicted molar refractivity (Wildman–Crippen MR) is 100 cm³/mol. The van der Waals surface area contributed by atoms with Crippen LogP contribution in [0.1, 0.15) is 36.8 Å². The molecule has 6 heteroatoms. The predicted octanol–water partition coefficient (Wildman–Crippen LogP) is 2.89. The molecule has 0 atom stereocenters. The molecule has 1 saturated carbocycles. The van der Waals surface area contributed by atoms with Crippen LogP contribution in [0.5, 0.6) is 0 Å². The number of likely N-dealkylation sites (tertiary alicyclic amines) is 1. The van der Waals surface area contributed by atoms with Crippen molar-refractivity contribution in [3.8, 4) is 0 Å². The zero-order valence-electron chi connectivity index (χ0n) is 13.5. The average Bonchev–Trinajstić information content (AvgIpc) is 2.95. The summed E-state index contributed by atoms with van der Waals surface area (Å²) in [6, 6.07) is 4.85. The zero-order valence-corrected chi connectivity index (χ0v) is 15.8. The van der Waals surface area contributed by atoms with E-state index < -0.39 is 0 Å². The number of guanidine groups is 1. The van der Waals surface area contributed by atoms with E-state index in [1.54, 1.807) is 19.2 Å². The molecule has 1 saturated heterocycles. The first kappa shape index (κ1) is 18.4. The smallest absolute Gasteiger partial charge is 0.193 e. The van der Waals surface area contributed by atoms with Gasteiger partial charge in [-0.3, -0.25) is 4.99 Å². The minimum atomic E-state index is -0.359. The van der Waals surface area contributed by atoms with Crippen LogP contribution in [0.15, 0.2) is 23.2 Å². The van der Waals surface area contributed by atoms with Gasteiger partial charge in [-0.05, 0) is 42.4 Å². The molecule has 1 aromatic carbocycles. The molecular weight excluding hydrogens is 408 g/mol. The van der Waals surface area contributed by atoms with E-state index in [1.807, 2.05) is 0 Å². The fraction of sp³-hybridized carbons (Fsp3) is 0.588. The summed E-state index contributed by atoms with van der Waals surface area (Å²) in [6.07, 6.45) is 5.31. The van der Waals surface area contributed by atoms with Crippen molar-refractivity contribution in [2.45, 2.75) is 38.8 Å². The number of aliphatic hydroxyl groups is 1. The third-order valence-corrected chi connectivity index (χ3v) is 5.09. The summed E-state index contributed by atoms with van der Waals surface area (Å²) in [6.45, 7) is 2.47. The lowest BCUT2D eigenvalue weighted by Gasteiger charge is -2.38. The number of rotatable bonds is 3. The van der Waals surface area contributed by atoms with Crippen LogP contribution >= 0.6 is 24.0 Å². The number of hydrogen-bond acceptors (Lipinski definition) is 2. The number of halogens is 2. The van der Waals surface area contributed by atoms with E-state index in [0.717, 1.165) is 24.6 Å². The summed E-state index contributed by atoms with van der Waals surface area (Å²) in [5, 5.41) is 12.5. The van der Waals surface area contributed by atoms with Crippen LogP contribution in [0.25, 0.3) is 0 Å². The second-order valence-corrected chi connectivity index (χ2v) is 6.51. The fourth-order valence-corrected chi connectivity index (χ4v) is 3.57. The van der Waals surface area contributed by atoms with Gasteiger partial charge in [0.1, 0.15) is 5.82 Å². The Hall–Kier alpha value is -0.890. The molecule has 2 aliphatic rings. The van der Waals surface area contributed by atoms with Crippen molar-refractivity contribution >= 4 is 29.9 Å². The zero-order chi connectivity index (χ0) is 15.6. The number of nitrogens with zero attached hydrogens (tertiary/aromatic N) is 2. The van der Waals surface area contributed by atoms with Gasteiger partial charge in [0.25, 0.3) is 0 Å². The van der Waals surface area contributed by atoms with Crippen molar-refractivity contribution in [3.05, 3.63) is 35.1 Å². The Balaban J connectivity index is 0.00000192. The largest absolute Gasteiger partial charge is 0.392 e. The third kappa shape index (κ3) is 3.96. The molecule has 2 fully saturated rings. The Morgan fingerprint density at radius 1 is 1.39 bits per heavy atom. The Kier molecular flexibility index (Phi) is 6.25. The van der Waals surface area contributed by atoms with Crippen molar-refractivity contribution in [1.82, 2.24) is 10.2 Å². The van der Waals surface area contributed by atoms with Crippen molar-refractivity contribution in [1.29, 1.82) is 0 Å². The van der Waals surface area contributed by atoms with Gasteiger partial charge in [-0.15, -0.1) is 24.0 Å². The molecule has 3 rings (SSSR count). The molecule has 128 valence electrons. The first-order valence-electron chi connectivity index (χ1n) is 8.00. The fourth-order valence-electron chi connectivity index (χ4n) is 3.57. The van der Waals surface area contributed by atoms with Crippen molar-refractivity contribution in [2.24, 2.45) is 10.4 Å². The number of aliphatic hydroxyl groups excluding tert-OH is 1. The van der Waals surface area contributed by atoms with Gasteiger partial charge >= 0.3 is 0 Å². The lowest BCUT2D eigenvalue weighted by atomic mass is 9.68. The summed E-state index contributed by atoms with van der Waals surface area (Å²) in [5.74, 6) is 0.556. The molecular formula is C17H25FIN3O. The van der Waals surface area contributed by atoms with Gasteiger partial charge in [-0.1, -0.05) is 12.5 Å². The topological polar surface area (TPSA) is 47.9 Å². The Bertz CT molecular complexity index is 575. The van der Waals surface area contributed by atoms with Crippen LogP contribution in [0.3, 0.4) is 0 Å². The number of nitrogens with one attached hydrogen (secondary N) is 1. The lowest BCUT2D eigenvalue weighted by Crippen LogP contribution is -2.42. The van der Waals surface area contributed by atoms with Crippen LogP contribution in [-0.2, 0) is 13.2 Å². The second-order valence-electron chi connectivity index (χ2n) is 6.51. The monoisotopic (exact) mass is 433 g/mol. The molecule has 1 aliphatic heterocycles. The Labute approximate surface area is 154 Å². The number of benzene rings is 1. The van der Waals surface area contributed by atoms with Crippen LogP contribution in [0.4, 0.5) is 4.39 Å². The maximum absolute atomic E-state index is 13.4. The summed E-state index contributed by atoms with van der Waals surface area (Å²) in [7, 11) is 1.80. The van der Waals surface area contributed by atoms with Crippen LogP contribution in [0.2, 0.25) is 0 Å². The SMILES string of the molecule is CN=C(NCc1ccc(F)c(CO)c1)N1CCC2(CCC2)C1.I. The molecule has 1 aromatic rings. The molecule has 23 heavy (non-hydrogen) atoms. The van der Waals surface area contributed by atoms with E-state index in [4.69, 9.17) is 5.11 Å². The van der Waals surface area contributed by atoms with E-state index in [0.29, 0.717) is 17.5 Å². The van der Waals surface area contributed by atoms with Gasteiger partial charge < -0.3 is 15.3 Å². The van der Waals surface area contributed by atoms with Crippen LogP contribution in [-0.4, -0.2) is 36.1 Å². The highest BCUT2D eigenvalue weighted by Gasteiger charge is 2.43. The van der Waals surface area contributed by atoms with E-state index in [9.17, 15) is 4.39 Å². The normalized spacial score (nSPS) is 19.4. The molecule has 0 aromatic heterocycles. The van der Waals surface area contributed by atoms with E-state index in [-0.39, 0.29) is 36.4 Å². The number of aliphatic imine (C=N–C) groups is 1. The molecule has 1 aliphatic carbocycles. The van der Waals surface area contributed by atoms with Gasteiger partial charge in [0.2, 0.25) is 0 Å². The molecule has 0 bridgehead atoms. The van der Waals surface area contributed by atoms with E-state index >= 15 is 0 Å². The van der Waals surface area contributed by atoms with Crippen molar-refractivity contribution in [3.63, 3.8) is 0 Å². The van der Waals surface area contributed by atoms with Gasteiger partial charge in [-0.2, -0.15) is 0 Å². The van der Waals surface area contributed by atoms with E-state index in [2.05, 4.69) is 15.2 Å². The Morgan fingerprint density at radius 2 is 2.17 bits per heavy atom. The van der Waals surface area contributed by atoms with Crippen LogP contribution < -0.4 is 5.32 Å². The molecule has 1 heterocycles. The van der Waals surface area contributed by atoms with Crippen molar-refractivity contribution < 1.29 is 9.50 Å². The summed E-state index contributed by atoms with van der Waals surface area (Å²) < 4.78 is 13.4. The van der Waals surface area contributed by atoms with Gasteiger partial charge in [0, 0.05) is 32.2 Å². The summed E-state index contributed by atoms with van der Waals surface area (Å²) >= 11 is 0. The van der Waals surface area contributed by atoms with Crippen molar-refractivity contribution in [2.75, 3.05) is 20.1 Å². The number of hydrogen-bond donors (Lipinski definition) is 2. The highest BCUT2D eigenvalue weighted by Crippen LogP contribution is 2.47. The van der Waals surface area contributed by atoms with E-state index in [1.165, 1.54) is 31.7 Å². The molecule has 1 spiro atoms. The first-order valence-corrected chi connectivity index (χ1v) is 8.00. The lowest BCUT2D eigenvalue weighted by molar-refractivity contribution is 0.151. The molecule has 0 radical (unpaired) electrons. The van der Waals surface area contributed by atoms with Gasteiger partial charge in [0.15, 0.2) is 5.96 Å². The third-order valence-electron chi connectivity index (χ3n) is 5.09. The quantitative estimate of drug-likeness (QED) is 0.438. The maximum Gasteiger partial charge on any atom is 0.193 e. The summed E-state index contributed by atoms with van der Waals surface area (Å²) in [4.78, 5) is 6.71. The first-order chi connectivity index (χ1) is 10.7. The highest BCUT2D eigenvalue weighted by atomic mass is 127. The molecule has 0 unspecified atom stereocenters.